The van der Waals surface area contributed by atoms with Gasteiger partial charge in [-0.05, 0) is 36.5 Å². The molecular weight excluding hydrogens is 220 g/mol. The van der Waals surface area contributed by atoms with Crippen LogP contribution >= 0.6 is 11.6 Å². The van der Waals surface area contributed by atoms with Gasteiger partial charge in [0, 0.05) is 30.8 Å². The van der Waals surface area contributed by atoms with Crippen LogP contribution in [0, 0.1) is 5.92 Å². The van der Waals surface area contributed by atoms with Crippen LogP contribution in [0.15, 0.2) is 18.2 Å². The third-order valence-corrected chi connectivity index (χ3v) is 3.84. The van der Waals surface area contributed by atoms with Gasteiger partial charge < -0.3 is 10.6 Å². The van der Waals surface area contributed by atoms with Gasteiger partial charge >= 0.3 is 0 Å². The summed E-state index contributed by atoms with van der Waals surface area (Å²) in [6.45, 7) is 0. The summed E-state index contributed by atoms with van der Waals surface area (Å²) in [5.74, 6) is 0.628. The first kappa shape index (κ1) is 11.7. The zero-order chi connectivity index (χ0) is 11.7. The van der Waals surface area contributed by atoms with Crippen LogP contribution in [0.5, 0.6) is 0 Å². The molecule has 1 aliphatic carbocycles. The molecule has 2 nitrogen and oxygen atoms in total. The molecule has 16 heavy (non-hydrogen) atoms. The van der Waals surface area contributed by atoms with Gasteiger partial charge in [0.1, 0.15) is 0 Å². The monoisotopic (exact) mass is 238 g/mol. The summed E-state index contributed by atoms with van der Waals surface area (Å²) < 4.78 is 0. The number of benzene rings is 1. The lowest BCUT2D eigenvalue weighted by molar-refractivity contribution is 0.264. The zero-order valence-corrected chi connectivity index (χ0v) is 10.7. The van der Waals surface area contributed by atoms with E-state index in [0.29, 0.717) is 5.92 Å². The average Bonchev–Trinajstić information content (AvgIpc) is 2.14. The van der Waals surface area contributed by atoms with Crippen LogP contribution in [-0.2, 0) is 0 Å². The summed E-state index contributed by atoms with van der Waals surface area (Å²) in [4.78, 5) is 2.05. The van der Waals surface area contributed by atoms with Gasteiger partial charge in [-0.2, -0.15) is 0 Å². The second-order valence-corrected chi connectivity index (χ2v) is 5.22. The van der Waals surface area contributed by atoms with Crippen molar-refractivity contribution in [3.63, 3.8) is 0 Å². The molecule has 1 fully saturated rings. The maximum Gasteiger partial charge on any atom is 0.0474 e. The van der Waals surface area contributed by atoms with E-state index in [2.05, 4.69) is 12.1 Å². The summed E-state index contributed by atoms with van der Waals surface area (Å²) >= 11 is 6.29. The van der Waals surface area contributed by atoms with E-state index in [4.69, 9.17) is 17.3 Å². The molecule has 1 aromatic carbocycles. The number of hydrogen-bond acceptors (Lipinski definition) is 2. The molecule has 1 aliphatic rings. The van der Waals surface area contributed by atoms with Crippen LogP contribution in [0.25, 0.3) is 0 Å². The molecular formula is C13H19ClN2. The molecule has 1 atom stereocenters. The van der Waals surface area contributed by atoms with Crippen LogP contribution in [0.3, 0.4) is 0 Å². The van der Waals surface area contributed by atoms with Gasteiger partial charge in [0.2, 0.25) is 0 Å². The fourth-order valence-corrected chi connectivity index (χ4v) is 2.42. The van der Waals surface area contributed by atoms with Crippen LogP contribution in [0.1, 0.15) is 30.9 Å². The Morgan fingerprint density at radius 1 is 1.38 bits per heavy atom. The van der Waals surface area contributed by atoms with Crippen molar-refractivity contribution in [2.24, 2.45) is 11.7 Å². The van der Waals surface area contributed by atoms with Crippen molar-refractivity contribution in [2.45, 2.75) is 25.3 Å². The molecule has 2 N–H and O–H groups in total. The lowest BCUT2D eigenvalue weighted by atomic mass is 9.77. The van der Waals surface area contributed by atoms with Gasteiger partial charge in [0.05, 0.1) is 0 Å². The molecule has 1 saturated carbocycles. The highest BCUT2D eigenvalue weighted by Gasteiger charge is 2.26. The molecule has 0 radical (unpaired) electrons. The summed E-state index contributed by atoms with van der Waals surface area (Å²) in [5.41, 5.74) is 8.44. The predicted molar refractivity (Wildman–Crippen MR) is 70.0 cm³/mol. The third kappa shape index (κ3) is 2.18. The normalized spacial score (nSPS) is 18.0. The molecule has 0 unspecified atom stereocenters. The topological polar surface area (TPSA) is 29.3 Å². The first-order valence-corrected chi connectivity index (χ1v) is 6.19. The van der Waals surface area contributed by atoms with Gasteiger partial charge in [-0.1, -0.05) is 24.1 Å². The van der Waals surface area contributed by atoms with E-state index in [1.807, 2.05) is 25.1 Å². The van der Waals surface area contributed by atoms with E-state index in [0.717, 1.165) is 16.3 Å². The van der Waals surface area contributed by atoms with Crippen LogP contribution in [0.2, 0.25) is 5.02 Å². The maximum absolute atomic E-state index is 6.29. The lowest BCUT2D eigenvalue weighted by Gasteiger charge is -2.32. The first-order valence-electron chi connectivity index (χ1n) is 5.82. The van der Waals surface area contributed by atoms with Crippen molar-refractivity contribution in [3.8, 4) is 0 Å². The SMILES string of the molecule is CN(C)c1ccc([C@@H](N)C2CCC2)c(Cl)c1. The molecule has 88 valence electrons. The Kier molecular flexibility index (Phi) is 3.41. The first-order chi connectivity index (χ1) is 7.59. The highest BCUT2D eigenvalue weighted by atomic mass is 35.5. The smallest absolute Gasteiger partial charge is 0.0474 e. The zero-order valence-electron chi connectivity index (χ0n) is 9.91. The molecule has 1 aromatic rings. The minimum Gasteiger partial charge on any atom is -0.378 e. The molecule has 0 bridgehead atoms. The van der Waals surface area contributed by atoms with Crippen molar-refractivity contribution in [3.05, 3.63) is 28.8 Å². The Morgan fingerprint density at radius 2 is 2.06 bits per heavy atom. The average molecular weight is 239 g/mol. The van der Waals surface area contributed by atoms with Crippen molar-refractivity contribution < 1.29 is 0 Å². The summed E-state index contributed by atoms with van der Waals surface area (Å²) in [5, 5.41) is 0.797. The highest BCUT2D eigenvalue weighted by Crippen LogP contribution is 2.39. The minimum atomic E-state index is 0.109. The van der Waals surface area contributed by atoms with Crippen LogP contribution in [-0.4, -0.2) is 14.1 Å². The number of rotatable bonds is 3. The van der Waals surface area contributed by atoms with Crippen molar-refractivity contribution in [2.75, 3.05) is 19.0 Å². The molecule has 0 spiro atoms. The van der Waals surface area contributed by atoms with E-state index in [9.17, 15) is 0 Å². The van der Waals surface area contributed by atoms with E-state index in [1.54, 1.807) is 0 Å². The van der Waals surface area contributed by atoms with Gasteiger partial charge in [-0.25, -0.2) is 0 Å². The molecule has 0 aliphatic heterocycles. The molecule has 2 rings (SSSR count). The summed E-state index contributed by atoms with van der Waals surface area (Å²) in [7, 11) is 4.02. The third-order valence-electron chi connectivity index (χ3n) is 3.52. The second-order valence-electron chi connectivity index (χ2n) is 4.82. The number of nitrogens with zero attached hydrogens (tertiary/aromatic N) is 1. The van der Waals surface area contributed by atoms with Crippen molar-refractivity contribution in [1.29, 1.82) is 0 Å². The molecule has 0 heterocycles. The van der Waals surface area contributed by atoms with E-state index in [-0.39, 0.29) is 6.04 Å². The largest absolute Gasteiger partial charge is 0.378 e. The van der Waals surface area contributed by atoms with E-state index < -0.39 is 0 Å². The van der Waals surface area contributed by atoms with Crippen molar-refractivity contribution >= 4 is 17.3 Å². The second kappa shape index (κ2) is 4.64. The quantitative estimate of drug-likeness (QED) is 0.876. The van der Waals surface area contributed by atoms with Gasteiger partial charge in [-0.3, -0.25) is 0 Å². The van der Waals surface area contributed by atoms with Crippen LogP contribution < -0.4 is 10.6 Å². The molecule has 0 saturated heterocycles. The van der Waals surface area contributed by atoms with Crippen LogP contribution in [0.4, 0.5) is 5.69 Å². The Labute approximate surface area is 102 Å². The van der Waals surface area contributed by atoms with Gasteiger partial charge in [0.25, 0.3) is 0 Å². The summed E-state index contributed by atoms with van der Waals surface area (Å²) in [6, 6.07) is 6.26. The Balaban J connectivity index is 2.21. The van der Waals surface area contributed by atoms with E-state index >= 15 is 0 Å². The fourth-order valence-electron chi connectivity index (χ4n) is 2.12. The Hall–Kier alpha value is -0.730. The number of hydrogen-bond donors (Lipinski definition) is 1. The molecule has 3 heteroatoms. The fraction of sp³-hybridized carbons (Fsp3) is 0.538. The Morgan fingerprint density at radius 3 is 2.50 bits per heavy atom. The van der Waals surface area contributed by atoms with Gasteiger partial charge in [0.15, 0.2) is 0 Å². The van der Waals surface area contributed by atoms with Gasteiger partial charge in [-0.15, -0.1) is 0 Å². The molecule has 0 amide bonds. The maximum atomic E-state index is 6.29. The van der Waals surface area contributed by atoms with Crippen molar-refractivity contribution in [1.82, 2.24) is 0 Å². The highest BCUT2D eigenvalue weighted by molar-refractivity contribution is 6.31. The lowest BCUT2D eigenvalue weighted by Crippen LogP contribution is -2.27. The standard InChI is InChI=1S/C13H19ClN2/c1-16(2)10-6-7-11(12(14)8-10)13(15)9-4-3-5-9/h6-9,13H,3-5,15H2,1-2H3/t13-/m0/s1. The number of halogens is 1. The molecule has 0 aromatic heterocycles. The number of nitrogens with two attached hydrogens (primary N) is 1. The Bertz CT molecular complexity index is 372. The predicted octanol–water partition coefficient (Wildman–Crippen LogP) is 3.21. The van der Waals surface area contributed by atoms with E-state index in [1.165, 1.54) is 19.3 Å². The summed E-state index contributed by atoms with van der Waals surface area (Å²) in [6.07, 6.45) is 3.80. The minimum absolute atomic E-state index is 0.109. The number of anilines is 1.